The van der Waals surface area contributed by atoms with Crippen molar-refractivity contribution in [3.05, 3.63) is 88.8 Å². The molecule has 0 amide bonds. The number of likely N-dealkylation sites (tertiary alicyclic amines) is 1. The molecule has 1 aliphatic rings. The molecule has 7 heteroatoms. The van der Waals surface area contributed by atoms with E-state index in [-0.39, 0.29) is 25.5 Å². The highest BCUT2D eigenvalue weighted by atomic mass is 16.6. The number of rotatable bonds is 8. The molecule has 2 atom stereocenters. The monoisotopic (exact) mass is 439 g/mol. The van der Waals surface area contributed by atoms with Gasteiger partial charge in [0.1, 0.15) is 6.04 Å². The Morgan fingerprint density at radius 2 is 1.56 bits per heavy atom. The number of ether oxygens (including phenoxy) is 2. The average Bonchev–Trinajstić information content (AvgIpc) is 3.21. The fourth-order valence-electron chi connectivity index (χ4n) is 4.44. The van der Waals surface area contributed by atoms with Gasteiger partial charge < -0.3 is 24.4 Å². The van der Waals surface area contributed by atoms with Gasteiger partial charge in [-0.2, -0.15) is 0 Å². The number of aliphatic hydroxyl groups is 1. The molecule has 7 nitrogen and oxygen atoms in total. The second-order valence-electron chi connectivity index (χ2n) is 7.68. The summed E-state index contributed by atoms with van der Waals surface area (Å²) in [5.41, 5.74) is -0.981. The van der Waals surface area contributed by atoms with Crippen molar-refractivity contribution in [1.29, 1.82) is 0 Å². The van der Waals surface area contributed by atoms with Gasteiger partial charge in [-0.05, 0) is 25.0 Å². The van der Waals surface area contributed by atoms with Gasteiger partial charge in [0, 0.05) is 12.8 Å². The zero-order valence-electron chi connectivity index (χ0n) is 18.4. The van der Waals surface area contributed by atoms with E-state index in [1.807, 2.05) is 12.1 Å². The molecule has 0 saturated carbocycles. The fraction of sp³-hybridized carbons (Fsp3) is 0.360. The van der Waals surface area contributed by atoms with E-state index in [0.29, 0.717) is 24.0 Å². The SMILES string of the molecule is CCOC(=O)/C=C(\C(=O)OCC)[N@+]1([O-])CCC[C@H]1C(O)(c1ccccc1)c1ccccc1. The first-order chi connectivity index (χ1) is 15.4. The lowest BCUT2D eigenvalue weighted by Gasteiger charge is -2.50. The Kier molecular flexibility index (Phi) is 7.45. The smallest absolute Gasteiger partial charge is 0.393 e. The van der Waals surface area contributed by atoms with E-state index in [1.165, 1.54) is 0 Å². The van der Waals surface area contributed by atoms with Crippen LogP contribution in [0.3, 0.4) is 0 Å². The maximum absolute atomic E-state index is 14.4. The third-order valence-electron chi connectivity index (χ3n) is 5.81. The topological polar surface area (TPSA) is 95.9 Å². The average molecular weight is 440 g/mol. The number of carbonyl (C=O) groups excluding carboxylic acids is 2. The van der Waals surface area contributed by atoms with Gasteiger partial charge >= 0.3 is 11.9 Å². The molecular weight excluding hydrogens is 410 g/mol. The van der Waals surface area contributed by atoms with Gasteiger partial charge in [0.05, 0.1) is 25.8 Å². The molecule has 170 valence electrons. The summed E-state index contributed by atoms with van der Waals surface area (Å²) in [5.74, 6) is -1.68. The molecule has 1 N–H and O–H groups in total. The molecule has 2 aromatic rings. The Morgan fingerprint density at radius 3 is 2.06 bits per heavy atom. The van der Waals surface area contributed by atoms with Gasteiger partial charge in [0.2, 0.25) is 5.70 Å². The standard InChI is InChI=1S/C25H29NO6/c1-3-31-23(27)18-21(24(28)32-4-2)26(30)17-11-16-22(26)25(29,19-12-7-5-8-13-19)20-14-9-6-10-15-20/h5-10,12-15,18,22,29H,3-4,11,16-17H2,1-2H3/b21-18+/t22-,26+/m0/s1. The lowest BCUT2D eigenvalue weighted by atomic mass is 9.78. The van der Waals surface area contributed by atoms with Crippen LogP contribution in [0.2, 0.25) is 0 Å². The van der Waals surface area contributed by atoms with Crippen LogP contribution in [0.5, 0.6) is 0 Å². The summed E-state index contributed by atoms with van der Waals surface area (Å²) in [4.78, 5) is 25.1. The summed E-state index contributed by atoms with van der Waals surface area (Å²) < 4.78 is 8.90. The van der Waals surface area contributed by atoms with Crippen LogP contribution in [0.1, 0.15) is 37.8 Å². The van der Waals surface area contributed by atoms with Crippen LogP contribution in [0, 0.1) is 5.21 Å². The van der Waals surface area contributed by atoms with Crippen molar-refractivity contribution in [1.82, 2.24) is 0 Å². The van der Waals surface area contributed by atoms with Crippen molar-refractivity contribution >= 4 is 11.9 Å². The molecule has 3 rings (SSSR count). The zero-order chi connectivity index (χ0) is 23.2. The van der Waals surface area contributed by atoms with Crippen LogP contribution in [0.4, 0.5) is 0 Å². The lowest BCUT2D eigenvalue weighted by molar-refractivity contribution is -0.859. The van der Waals surface area contributed by atoms with Crippen LogP contribution in [-0.4, -0.2) is 47.5 Å². The molecule has 0 unspecified atom stereocenters. The highest BCUT2D eigenvalue weighted by Gasteiger charge is 2.55. The molecule has 0 bridgehead atoms. The number of esters is 2. The molecule has 0 aliphatic carbocycles. The fourth-order valence-corrected chi connectivity index (χ4v) is 4.44. The van der Waals surface area contributed by atoms with Gasteiger partial charge in [-0.1, -0.05) is 60.7 Å². The van der Waals surface area contributed by atoms with Crippen molar-refractivity contribution in [2.24, 2.45) is 0 Å². The number of quaternary nitrogens is 1. The molecule has 1 heterocycles. The van der Waals surface area contributed by atoms with Gasteiger partial charge in [-0.25, -0.2) is 9.59 Å². The van der Waals surface area contributed by atoms with E-state index in [1.54, 1.807) is 62.4 Å². The molecule has 32 heavy (non-hydrogen) atoms. The minimum absolute atomic E-state index is 0.0245. The van der Waals surface area contributed by atoms with Gasteiger partial charge in [0.25, 0.3) is 0 Å². The first-order valence-corrected chi connectivity index (χ1v) is 10.9. The van der Waals surface area contributed by atoms with E-state index >= 15 is 0 Å². The predicted molar refractivity (Wildman–Crippen MR) is 119 cm³/mol. The lowest BCUT2D eigenvalue weighted by Crippen LogP contribution is -2.58. The highest BCUT2D eigenvalue weighted by Crippen LogP contribution is 2.46. The van der Waals surface area contributed by atoms with Crippen molar-refractivity contribution in [2.75, 3.05) is 19.8 Å². The molecule has 0 spiro atoms. The number of hydrogen-bond acceptors (Lipinski definition) is 6. The third-order valence-corrected chi connectivity index (χ3v) is 5.81. The first-order valence-electron chi connectivity index (χ1n) is 10.9. The van der Waals surface area contributed by atoms with Crippen molar-refractivity contribution < 1.29 is 28.8 Å². The highest BCUT2D eigenvalue weighted by molar-refractivity contribution is 5.94. The van der Waals surface area contributed by atoms with Gasteiger partial charge in [-0.15, -0.1) is 0 Å². The predicted octanol–water partition coefficient (Wildman–Crippen LogP) is 3.41. The van der Waals surface area contributed by atoms with Crippen LogP contribution >= 0.6 is 0 Å². The molecule has 1 saturated heterocycles. The molecule has 2 aromatic carbocycles. The second kappa shape index (κ2) is 10.1. The number of carbonyl (C=O) groups is 2. The Balaban J connectivity index is 2.18. The van der Waals surface area contributed by atoms with E-state index in [9.17, 15) is 19.9 Å². The number of hydrogen-bond donors (Lipinski definition) is 1. The van der Waals surface area contributed by atoms with E-state index < -0.39 is 28.2 Å². The van der Waals surface area contributed by atoms with Crippen molar-refractivity contribution in [3.8, 4) is 0 Å². The Labute approximate surface area is 188 Å². The number of hydroxylamine groups is 3. The van der Waals surface area contributed by atoms with Crippen molar-refractivity contribution in [3.63, 3.8) is 0 Å². The Bertz CT molecular complexity index is 919. The summed E-state index contributed by atoms with van der Waals surface area (Å²) in [5, 5.41) is 26.6. The summed E-state index contributed by atoms with van der Waals surface area (Å²) in [7, 11) is 0. The number of benzene rings is 2. The van der Waals surface area contributed by atoms with E-state index in [0.717, 1.165) is 6.08 Å². The first kappa shape index (κ1) is 23.7. The summed E-state index contributed by atoms with van der Waals surface area (Å²) in [6.45, 7) is 3.44. The largest absolute Gasteiger partial charge is 0.627 e. The minimum atomic E-state index is -1.69. The van der Waals surface area contributed by atoms with E-state index in [4.69, 9.17) is 9.47 Å². The quantitative estimate of drug-likeness (QED) is 0.293. The van der Waals surface area contributed by atoms with Crippen LogP contribution in [0.25, 0.3) is 0 Å². The maximum atomic E-state index is 14.4. The zero-order valence-corrected chi connectivity index (χ0v) is 18.4. The normalized spacial score (nSPS) is 21.2. The molecular formula is C25H29NO6. The van der Waals surface area contributed by atoms with E-state index in [2.05, 4.69) is 0 Å². The molecule has 0 aromatic heterocycles. The molecule has 1 fully saturated rings. The summed E-state index contributed by atoms with van der Waals surface area (Å²) in [6, 6.07) is 16.9. The molecule has 1 aliphatic heterocycles. The minimum Gasteiger partial charge on any atom is -0.627 e. The van der Waals surface area contributed by atoms with Gasteiger partial charge in [-0.3, -0.25) is 0 Å². The Hall–Kier alpha value is -3.00. The summed E-state index contributed by atoms with van der Waals surface area (Å²) >= 11 is 0. The summed E-state index contributed by atoms with van der Waals surface area (Å²) in [6.07, 6.45) is 1.74. The van der Waals surface area contributed by atoms with Crippen LogP contribution < -0.4 is 0 Å². The Morgan fingerprint density at radius 1 is 1.03 bits per heavy atom. The third kappa shape index (κ3) is 4.46. The van der Waals surface area contributed by atoms with Crippen molar-refractivity contribution in [2.45, 2.75) is 38.3 Å². The van der Waals surface area contributed by atoms with Gasteiger partial charge in [0.15, 0.2) is 5.60 Å². The number of nitrogens with zero attached hydrogens (tertiary/aromatic N) is 1. The molecule has 0 radical (unpaired) electrons. The second-order valence-corrected chi connectivity index (χ2v) is 7.68. The van der Waals surface area contributed by atoms with Crippen LogP contribution in [-0.2, 0) is 24.7 Å². The maximum Gasteiger partial charge on any atom is 0.393 e. The van der Waals surface area contributed by atoms with Crippen LogP contribution in [0.15, 0.2) is 72.4 Å².